The number of benzene rings is 2. The quantitative estimate of drug-likeness (QED) is 0.261. The smallest absolute Gasteiger partial charge is 0.227 e. The molecule has 4 aromatic rings. The van der Waals surface area contributed by atoms with Crippen molar-refractivity contribution >= 4 is 11.8 Å². The van der Waals surface area contributed by atoms with Crippen molar-refractivity contribution < 1.29 is 9.84 Å². The van der Waals surface area contributed by atoms with E-state index in [9.17, 15) is 5.11 Å². The van der Waals surface area contributed by atoms with Crippen molar-refractivity contribution in [2.45, 2.75) is 44.6 Å². The lowest BCUT2D eigenvalue weighted by Gasteiger charge is -2.24. The predicted octanol–water partition coefficient (Wildman–Crippen LogP) is 5.94. The number of aryl methyl sites for hydroxylation is 3. The van der Waals surface area contributed by atoms with E-state index in [0.717, 1.165) is 44.3 Å². The molecule has 5 nitrogen and oxygen atoms in total. The van der Waals surface area contributed by atoms with Crippen LogP contribution >= 0.6 is 11.8 Å². The number of aromatic nitrogens is 3. The largest absolute Gasteiger partial charge is 0.436 e. The van der Waals surface area contributed by atoms with Gasteiger partial charge in [-0.2, -0.15) is 4.98 Å². The number of aliphatic hydroxyl groups excluding tert-OH is 1. The predicted molar refractivity (Wildman–Crippen MR) is 131 cm³/mol. The second-order valence-electron chi connectivity index (χ2n) is 8.28. The highest BCUT2D eigenvalue weighted by Gasteiger charge is 2.28. The molecule has 1 N–H and O–H groups in total. The van der Waals surface area contributed by atoms with Crippen LogP contribution in [0.4, 0.5) is 0 Å². The number of pyridine rings is 1. The van der Waals surface area contributed by atoms with Crippen LogP contribution < -0.4 is 4.74 Å². The minimum absolute atomic E-state index is 0.0812. The van der Waals surface area contributed by atoms with E-state index in [2.05, 4.69) is 49.2 Å². The van der Waals surface area contributed by atoms with Crippen molar-refractivity contribution in [2.24, 2.45) is 0 Å². The number of rotatable bonds is 5. The van der Waals surface area contributed by atoms with Crippen molar-refractivity contribution in [1.29, 1.82) is 0 Å². The highest BCUT2D eigenvalue weighted by molar-refractivity contribution is 7.98. The summed E-state index contributed by atoms with van der Waals surface area (Å²) in [5.41, 5.74) is 8.13. The molecule has 2 aromatic carbocycles. The third-order valence-corrected chi connectivity index (χ3v) is 7.14. The Bertz CT molecular complexity index is 1350. The van der Waals surface area contributed by atoms with Crippen LogP contribution in [0.5, 0.6) is 11.6 Å². The molecule has 2 aromatic heterocycles. The van der Waals surface area contributed by atoms with Crippen LogP contribution in [0.25, 0.3) is 11.4 Å². The maximum Gasteiger partial charge on any atom is 0.227 e. The van der Waals surface area contributed by atoms with E-state index in [1.807, 2.05) is 25.1 Å². The van der Waals surface area contributed by atoms with Crippen LogP contribution in [0.3, 0.4) is 0 Å². The summed E-state index contributed by atoms with van der Waals surface area (Å²) >= 11 is 1.70. The fourth-order valence-corrected chi connectivity index (χ4v) is 5.18. The van der Waals surface area contributed by atoms with Gasteiger partial charge >= 0.3 is 0 Å². The van der Waals surface area contributed by atoms with Gasteiger partial charge in [0.15, 0.2) is 11.6 Å². The number of fused-ring (bicyclic) bond motifs is 2. The minimum atomic E-state index is -0.0812. The molecular formula is C27H25N3O2S. The van der Waals surface area contributed by atoms with Gasteiger partial charge in [0.05, 0.1) is 17.9 Å². The van der Waals surface area contributed by atoms with Gasteiger partial charge in [0.1, 0.15) is 5.03 Å². The fourth-order valence-electron chi connectivity index (χ4n) is 4.08. The third-order valence-electron chi connectivity index (χ3n) is 6.07. The first kappa shape index (κ1) is 21.6. The third kappa shape index (κ3) is 4.12. The first-order valence-electron chi connectivity index (χ1n) is 11.0. The zero-order valence-electron chi connectivity index (χ0n) is 18.9. The normalized spacial score (nSPS) is 12.1. The van der Waals surface area contributed by atoms with Crippen LogP contribution in [0.15, 0.2) is 59.8 Å². The summed E-state index contributed by atoms with van der Waals surface area (Å²) < 4.78 is 6.33. The van der Waals surface area contributed by atoms with Crippen LogP contribution in [0.1, 0.15) is 39.1 Å². The van der Waals surface area contributed by atoms with Gasteiger partial charge < -0.3 is 9.84 Å². The van der Waals surface area contributed by atoms with E-state index in [1.165, 1.54) is 11.1 Å². The molecular weight excluding hydrogens is 430 g/mol. The summed E-state index contributed by atoms with van der Waals surface area (Å²) in [6.45, 7) is 6.03. The van der Waals surface area contributed by atoms with Gasteiger partial charge in [-0.25, -0.2) is 4.98 Å². The molecule has 1 aliphatic heterocycles. The van der Waals surface area contributed by atoms with Gasteiger partial charge in [-0.15, -0.1) is 11.8 Å². The van der Waals surface area contributed by atoms with E-state index >= 15 is 0 Å². The van der Waals surface area contributed by atoms with Gasteiger partial charge in [-0.3, -0.25) is 4.98 Å². The van der Waals surface area contributed by atoms with Crippen LogP contribution in [0, 0.1) is 20.8 Å². The number of aliphatic hydroxyl groups is 1. The molecule has 0 unspecified atom stereocenters. The molecule has 0 aliphatic carbocycles. The second kappa shape index (κ2) is 8.96. The summed E-state index contributed by atoms with van der Waals surface area (Å²) in [4.78, 5) is 14.2. The maximum atomic E-state index is 9.88. The molecule has 166 valence electrons. The molecule has 5 rings (SSSR count). The number of hydrogen-bond donors (Lipinski definition) is 1. The average Bonchev–Trinajstić information content (AvgIpc) is 2.83. The lowest BCUT2D eigenvalue weighted by molar-refractivity contribution is 0.278. The molecule has 0 saturated carbocycles. The van der Waals surface area contributed by atoms with E-state index in [4.69, 9.17) is 14.7 Å². The molecule has 0 amide bonds. The van der Waals surface area contributed by atoms with Crippen molar-refractivity contribution in [1.82, 2.24) is 15.0 Å². The minimum Gasteiger partial charge on any atom is -0.436 e. The Labute approximate surface area is 197 Å². The summed E-state index contributed by atoms with van der Waals surface area (Å²) in [6.07, 6.45) is 2.33. The summed E-state index contributed by atoms with van der Waals surface area (Å²) in [5.74, 6) is 2.73. The van der Waals surface area contributed by atoms with Crippen LogP contribution in [-0.2, 0) is 18.8 Å². The monoisotopic (exact) mass is 455 g/mol. The molecule has 33 heavy (non-hydrogen) atoms. The van der Waals surface area contributed by atoms with Gasteiger partial charge in [-0.1, -0.05) is 48.5 Å². The Morgan fingerprint density at radius 2 is 1.67 bits per heavy atom. The average molecular weight is 456 g/mol. The molecule has 0 fully saturated rings. The topological polar surface area (TPSA) is 68.1 Å². The molecule has 0 spiro atoms. The Kier molecular flexibility index (Phi) is 5.87. The number of ether oxygens (including phenoxy) is 1. The first-order chi connectivity index (χ1) is 16.0. The molecule has 3 heterocycles. The van der Waals surface area contributed by atoms with Crippen molar-refractivity contribution in [3.63, 3.8) is 0 Å². The summed E-state index contributed by atoms with van der Waals surface area (Å²) in [5, 5.41) is 10.8. The highest BCUT2D eigenvalue weighted by atomic mass is 32.2. The number of hydrogen-bond acceptors (Lipinski definition) is 6. The highest BCUT2D eigenvalue weighted by Crippen LogP contribution is 2.43. The lowest BCUT2D eigenvalue weighted by Crippen LogP contribution is -2.13. The Morgan fingerprint density at radius 3 is 2.42 bits per heavy atom. The van der Waals surface area contributed by atoms with Crippen molar-refractivity contribution in [3.8, 4) is 23.0 Å². The van der Waals surface area contributed by atoms with Crippen molar-refractivity contribution in [2.75, 3.05) is 0 Å². The first-order valence-corrected chi connectivity index (χ1v) is 11.9. The standard InChI is InChI=1S/C27H25N3O2S/c1-16-8-4-6-10-19(16)15-33-27-23-12-22-20(14-31)13-28-18(3)24(22)32-26(23)29-25(30-27)21-11-7-5-9-17(21)2/h4-11,13,31H,12,14-15H2,1-3H3. The Morgan fingerprint density at radius 1 is 0.909 bits per heavy atom. The molecule has 0 radical (unpaired) electrons. The number of thioether (sulfide) groups is 1. The van der Waals surface area contributed by atoms with E-state index in [1.54, 1.807) is 18.0 Å². The van der Waals surface area contributed by atoms with Crippen molar-refractivity contribution in [3.05, 3.63) is 93.8 Å². The zero-order chi connectivity index (χ0) is 22.9. The van der Waals surface area contributed by atoms with Gasteiger partial charge in [0, 0.05) is 35.1 Å². The van der Waals surface area contributed by atoms with Crippen LogP contribution in [0.2, 0.25) is 0 Å². The van der Waals surface area contributed by atoms with Gasteiger partial charge in [0.2, 0.25) is 5.88 Å². The summed E-state index contributed by atoms with van der Waals surface area (Å²) in [6, 6.07) is 16.5. The number of nitrogens with zero attached hydrogens (tertiary/aromatic N) is 3. The van der Waals surface area contributed by atoms with E-state index in [0.29, 0.717) is 23.9 Å². The lowest BCUT2D eigenvalue weighted by atomic mass is 9.99. The van der Waals surface area contributed by atoms with Crippen LogP contribution in [-0.4, -0.2) is 20.1 Å². The Balaban J connectivity index is 1.62. The SMILES string of the molecule is Cc1ccccc1CSc1nc(-c2ccccc2C)nc2c1Cc1c(CO)cnc(C)c1O2. The van der Waals surface area contributed by atoms with E-state index in [-0.39, 0.29) is 6.61 Å². The summed E-state index contributed by atoms with van der Waals surface area (Å²) in [7, 11) is 0. The fraction of sp³-hybridized carbons (Fsp3) is 0.222. The molecule has 6 heteroatoms. The van der Waals surface area contributed by atoms with E-state index < -0.39 is 0 Å². The Hall–Kier alpha value is -3.22. The van der Waals surface area contributed by atoms with Gasteiger partial charge in [-0.05, 0) is 37.5 Å². The van der Waals surface area contributed by atoms with Gasteiger partial charge in [0.25, 0.3) is 0 Å². The zero-order valence-corrected chi connectivity index (χ0v) is 19.7. The molecule has 0 bridgehead atoms. The molecule has 0 saturated heterocycles. The maximum absolute atomic E-state index is 9.88. The molecule has 0 atom stereocenters. The molecule has 1 aliphatic rings. The second-order valence-corrected chi connectivity index (χ2v) is 9.24.